The lowest BCUT2D eigenvalue weighted by Crippen LogP contribution is -2.27. The van der Waals surface area contributed by atoms with Crippen molar-refractivity contribution in [3.05, 3.63) is 29.8 Å². The van der Waals surface area contributed by atoms with Crippen LogP contribution in [0, 0.1) is 0 Å². The van der Waals surface area contributed by atoms with Crippen LogP contribution in [-0.2, 0) is 4.74 Å². The monoisotopic (exact) mass is 252 g/mol. The molecule has 4 nitrogen and oxygen atoms in total. The van der Waals surface area contributed by atoms with Crippen molar-refractivity contribution in [2.24, 2.45) is 5.73 Å². The van der Waals surface area contributed by atoms with Crippen LogP contribution in [0.25, 0.3) is 0 Å². The van der Waals surface area contributed by atoms with Gasteiger partial charge in [0.2, 0.25) is 0 Å². The third-order valence-electron chi connectivity index (χ3n) is 1.81. The Balaban J connectivity index is 2.64. The van der Waals surface area contributed by atoms with Gasteiger partial charge in [0.05, 0.1) is 0 Å². The molecule has 92 valence electrons. The summed E-state index contributed by atoms with van der Waals surface area (Å²) >= 11 is 4.83. The SMILES string of the molecule is CC(C)(C)OC(=O)Nc1ccc(C(N)=S)cc1. The minimum atomic E-state index is -0.511. The molecular weight excluding hydrogens is 236 g/mol. The molecule has 0 aliphatic rings. The molecule has 0 unspecified atom stereocenters. The fourth-order valence-electron chi connectivity index (χ4n) is 1.14. The normalized spacial score (nSPS) is 10.8. The Morgan fingerprint density at radius 1 is 1.29 bits per heavy atom. The van der Waals surface area contributed by atoms with E-state index in [-0.39, 0.29) is 0 Å². The summed E-state index contributed by atoms with van der Waals surface area (Å²) in [4.78, 5) is 11.8. The summed E-state index contributed by atoms with van der Waals surface area (Å²) in [6, 6.07) is 6.93. The summed E-state index contributed by atoms with van der Waals surface area (Å²) in [5.41, 5.74) is 6.35. The van der Waals surface area contributed by atoms with Crippen LogP contribution in [-0.4, -0.2) is 16.7 Å². The number of carbonyl (C=O) groups is 1. The van der Waals surface area contributed by atoms with Gasteiger partial charge in [-0.3, -0.25) is 5.32 Å². The van der Waals surface area contributed by atoms with Crippen LogP contribution in [0.5, 0.6) is 0 Å². The van der Waals surface area contributed by atoms with Gasteiger partial charge in [-0.1, -0.05) is 12.2 Å². The summed E-state index contributed by atoms with van der Waals surface area (Å²) < 4.78 is 5.12. The maximum atomic E-state index is 11.5. The van der Waals surface area contributed by atoms with E-state index in [1.165, 1.54) is 0 Å². The fraction of sp³-hybridized carbons (Fsp3) is 0.333. The number of anilines is 1. The van der Waals surface area contributed by atoms with E-state index in [4.69, 9.17) is 22.7 Å². The van der Waals surface area contributed by atoms with Gasteiger partial charge in [0.1, 0.15) is 10.6 Å². The van der Waals surface area contributed by atoms with Crippen LogP contribution in [0.1, 0.15) is 26.3 Å². The minimum absolute atomic E-state index is 0.328. The van der Waals surface area contributed by atoms with E-state index in [0.717, 1.165) is 5.56 Å². The van der Waals surface area contributed by atoms with E-state index in [0.29, 0.717) is 10.7 Å². The maximum Gasteiger partial charge on any atom is 0.412 e. The third kappa shape index (κ3) is 4.82. The van der Waals surface area contributed by atoms with E-state index in [2.05, 4.69) is 5.32 Å². The average molecular weight is 252 g/mol. The highest BCUT2D eigenvalue weighted by Gasteiger charge is 2.15. The third-order valence-corrected chi connectivity index (χ3v) is 2.05. The topological polar surface area (TPSA) is 64.3 Å². The quantitative estimate of drug-likeness (QED) is 0.794. The largest absolute Gasteiger partial charge is 0.444 e. The number of amides is 1. The van der Waals surface area contributed by atoms with Gasteiger partial charge in [0.15, 0.2) is 0 Å². The molecule has 0 radical (unpaired) electrons. The van der Waals surface area contributed by atoms with Gasteiger partial charge in [-0.25, -0.2) is 4.79 Å². The fourth-order valence-corrected chi connectivity index (χ4v) is 1.28. The van der Waals surface area contributed by atoms with Crippen LogP contribution in [0.2, 0.25) is 0 Å². The zero-order chi connectivity index (χ0) is 13.1. The molecule has 5 heteroatoms. The number of thiocarbonyl (C=S) groups is 1. The molecule has 0 fully saturated rings. The Labute approximate surface area is 106 Å². The highest BCUT2D eigenvalue weighted by atomic mass is 32.1. The number of benzene rings is 1. The molecule has 0 aliphatic carbocycles. The van der Waals surface area contributed by atoms with Crippen LogP contribution in [0.3, 0.4) is 0 Å². The van der Waals surface area contributed by atoms with Crippen molar-refractivity contribution in [2.45, 2.75) is 26.4 Å². The molecule has 1 rings (SSSR count). The summed E-state index contributed by atoms with van der Waals surface area (Å²) in [7, 11) is 0. The molecule has 17 heavy (non-hydrogen) atoms. The molecule has 0 aliphatic heterocycles. The Bertz CT molecular complexity index is 421. The predicted octanol–water partition coefficient (Wildman–Crippen LogP) is 2.67. The van der Waals surface area contributed by atoms with Gasteiger partial charge in [0.25, 0.3) is 0 Å². The van der Waals surface area contributed by atoms with E-state index in [9.17, 15) is 4.79 Å². The number of nitrogens with two attached hydrogens (primary N) is 1. The van der Waals surface area contributed by atoms with Crippen molar-refractivity contribution >= 4 is 29.0 Å². The number of hydrogen-bond donors (Lipinski definition) is 2. The van der Waals surface area contributed by atoms with Crippen molar-refractivity contribution in [3.63, 3.8) is 0 Å². The van der Waals surface area contributed by atoms with E-state index < -0.39 is 11.7 Å². The minimum Gasteiger partial charge on any atom is -0.444 e. The Morgan fingerprint density at radius 3 is 2.24 bits per heavy atom. The van der Waals surface area contributed by atoms with E-state index in [1.807, 2.05) is 20.8 Å². The van der Waals surface area contributed by atoms with Crippen molar-refractivity contribution in [1.29, 1.82) is 0 Å². The van der Waals surface area contributed by atoms with Crippen molar-refractivity contribution in [1.82, 2.24) is 0 Å². The van der Waals surface area contributed by atoms with Crippen LogP contribution in [0.15, 0.2) is 24.3 Å². The Hall–Kier alpha value is -1.62. The lowest BCUT2D eigenvalue weighted by molar-refractivity contribution is 0.0636. The standard InChI is InChI=1S/C12H16N2O2S/c1-12(2,3)16-11(15)14-9-6-4-8(5-7-9)10(13)17/h4-7H,1-3H3,(H2,13,17)(H,14,15). The smallest absolute Gasteiger partial charge is 0.412 e. The zero-order valence-corrected chi connectivity index (χ0v) is 10.9. The second kappa shape index (κ2) is 5.14. The summed E-state index contributed by atoms with van der Waals surface area (Å²) in [6.45, 7) is 5.42. The second-order valence-electron chi connectivity index (χ2n) is 4.57. The number of rotatable bonds is 2. The highest BCUT2D eigenvalue weighted by molar-refractivity contribution is 7.80. The van der Waals surface area contributed by atoms with Gasteiger partial charge < -0.3 is 10.5 Å². The molecule has 1 aromatic carbocycles. The van der Waals surface area contributed by atoms with Crippen LogP contribution in [0.4, 0.5) is 10.5 Å². The van der Waals surface area contributed by atoms with Crippen molar-refractivity contribution < 1.29 is 9.53 Å². The number of carbonyl (C=O) groups excluding carboxylic acids is 1. The zero-order valence-electron chi connectivity index (χ0n) is 10.1. The first-order valence-corrected chi connectivity index (χ1v) is 5.58. The average Bonchev–Trinajstić information content (AvgIpc) is 2.15. The summed E-state index contributed by atoms with van der Waals surface area (Å²) in [6.07, 6.45) is -0.486. The number of nitrogens with one attached hydrogen (secondary N) is 1. The second-order valence-corrected chi connectivity index (χ2v) is 5.01. The molecule has 0 saturated carbocycles. The van der Waals surface area contributed by atoms with Crippen LogP contribution < -0.4 is 11.1 Å². The van der Waals surface area contributed by atoms with Gasteiger partial charge in [-0.05, 0) is 45.0 Å². The molecule has 0 saturated heterocycles. The molecule has 0 atom stereocenters. The predicted molar refractivity (Wildman–Crippen MR) is 72.2 cm³/mol. The molecule has 0 bridgehead atoms. The molecule has 1 amide bonds. The lowest BCUT2D eigenvalue weighted by Gasteiger charge is -2.19. The van der Waals surface area contributed by atoms with Gasteiger partial charge in [-0.15, -0.1) is 0 Å². The Kier molecular flexibility index (Phi) is 4.07. The first-order valence-electron chi connectivity index (χ1n) is 5.18. The molecule has 0 spiro atoms. The van der Waals surface area contributed by atoms with Gasteiger partial charge in [-0.2, -0.15) is 0 Å². The highest BCUT2D eigenvalue weighted by Crippen LogP contribution is 2.12. The molecular formula is C12H16N2O2S. The van der Waals surface area contributed by atoms with Crippen molar-refractivity contribution in [3.8, 4) is 0 Å². The first kappa shape index (κ1) is 13.4. The molecule has 0 heterocycles. The van der Waals surface area contributed by atoms with Crippen molar-refractivity contribution in [2.75, 3.05) is 5.32 Å². The lowest BCUT2D eigenvalue weighted by atomic mass is 10.2. The number of hydrogen-bond acceptors (Lipinski definition) is 3. The Morgan fingerprint density at radius 2 is 1.82 bits per heavy atom. The van der Waals surface area contributed by atoms with Gasteiger partial charge in [0, 0.05) is 11.3 Å². The maximum absolute atomic E-state index is 11.5. The molecule has 3 N–H and O–H groups in total. The van der Waals surface area contributed by atoms with E-state index in [1.54, 1.807) is 24.3 Å². The summed E-state index contributed by atoms with van der Waals surface area (Å²) in [5.74, 6) is 0. The van der Waals surface area contributed by atoms with E-state index >= 15 is 0 Å². The molecule has 0 aromatic heterocycles. The first-order chi connectivity index (χ1) is 7.78. The van der Waals surface area contributed by atoms with Crippen LogP contribution >= 0.6 is 12.2 Å². The number of ether oxygens (including phenoxy) is 1. The summed E-state index contributed by atoms with van der Waals surface area (Å²) in [5, 5.41) is 2.62. The van der Waals surface area contributed by atoms with Gasteiger partial charge >= 0.3 is 6.09 Å². The molecule has 1 aromatic rings.